The fourth-order valence-corrected chi connectivity index (χ4v) is 2.76. The minimum atomic E-state index is -1.53. The Bertz CT molecular complexity index is 838. The molecule has 9 nitrogen and oxygen atoms in total. The lowest BCUT2D eigenvalue weighted by Crippen LogP contribution is -2.38. The number of rotatable bonds is 4. The molecule has 1 saturated heterocycles. The molecule has 0 unspecified atom stereocenters. The predicted molar refractivity (Wildman–Crippen MR) is 85.8 cm³/mol. The number of ether oxygens (including phenoxy) is 1. The third kappa shape index (κ3) is 3.05. The van der Waals surface area contributed by atoms with Crippen LogP contribution in [0, 0.1) is 0 Å². The van der Waals surface area contributed by atoms with E-state index in [9.17, 15) is 24.9 Å². The molecule has 0 aliphatic carbocycles. The van der Waals surface area contributed by atoms with Crippen molar-refractivity contribution >= 4 is 11.6 Å². The van der Waals surface area contributed by atoms with Gasteiger partial charge in [0.05, 0.1) is 12.3 Å². The number of carbonyl (C=O) groups excluding carboxylic acids is 1. The average molecular weight is 347 g/mol. The van der Waals surface area contributed by atoms with E-state index in [4.69, 9.17) is 10.5 Å². The molecule has 4 atom stereocenters. The van der Waals surface area contributed by atoms with Crippen LogP contribution in [0.2, 0.25) is 0 Å². The molecule has 1 aliphatic rings. The van der Waals surface area contributed by atoms with Crippen molar-refractivity contribution in [3.63, 3.8) is 0 Å². The van der Waals surface area contributed by atoms with Crippen LogP contribution in [-0.4, -0.2) is 55.6 Å². The molecule has 0 amide bonds. The molecule has 9 heteroatoms. The predicted octanol–water partition coefficient (Wildman–Crippen LogP) is -1.33. The highest BCUT2D eigenvalue weighted by atomic mass is 16.6. The van der Waals surface area contributed by atoms with Crippen molar-refractivity contribution in [2.75, 3.05) is 12.3 Å². The van der Waals surface area contributed by atoms with E-state index < -0.39 is 42.6 Å². The van der Waals surface area contributed by atoms with Crippen molar-refractivity contribution < 1.29 is 24.9 Å². The summed E-state index contributed by atoms with van der Waals surface area (Å²) in [6, 6.07) is 9.37. The molecule has 1 aromatic heterocycles. The Hall–Kier alpha value is -2.59. The normalized spacial score (nSPS) is 25.9. The van der Waals surface area contributed by atoms with E-state index in [2.05, 4.69) is 4.98 Å². The maximum atomic E-state index is 12.8. The van der Waals surface area contributed by atoms with Crippen molar-refractivity contribution in [2.24, 2.45) is 0 Å². The van der Waals surface area contributed by atoms with Gasteiger partial charge in [-0.25, -0.2) is 4.79 Å². The van der Waals surface area contributed by atoms with Gasteiger partial charge in [0.25, 0.3) is 0 Å². The van der Waals surface area contributed by atoms with Crippen molar-refractivity contribution in [3.8, 4) is 0 Å². The summed E-state index contributed by atoms with van der Waals surface area (Å²) >= 11 is 0. The molecular weight excluding hydrogens is 330 g/mol. The minimum absolute atomic E-state index is 0.140. The van der Waals surface area contributed by atoms with E-state index >= 15 is 0 Å². The Kier molecular flexibility index (Phi) is 4.64. The second kappa shape index (κ2) is 6.73. The van der Waals surface area contributed by atoms with Gasteiger partial charge in [0.15, 0.2) is 6.23 Å². The van der Waals surface area contributed by atoms with Gasteiger partial charge in [-0.2, -0.15) is 4.98 Å². The van der Waals surface area contributed by atoms with Crippen LogP contribution in [0.5, 0.6) is 0 Å². The van der Waals surface area contributed by atoms with Crippen molar-refractivity contribution in [1.29, 1.82) is 0 Å². The number of nitrogens with two attached hydrogens (primary N) is 1. The standard InChI is InChI=1S/C16H17N3O6/c17-11-6-9(12(21)8-4-2-1-3-5-8)19(16(24)18-11)15-14(23)13(22)10(7-20)25-15/h1-6,10,13-15,20,22-23H,7H2,(H2,17,18,24)/t10-,13-,14-,15-/m1/s1. The largest absolute Gasteiger partial charge is 0.394 e. The summed E-state index contributed by atoms with van der Waals surface area (Å²) in [5.41, 5.74) is 4.84. The van der Waals surface area contributed by atoms with Gasteiger partial charge in [-0.1, -0.05) is 30.3 Å². The second-order valence-corrected chi connectivity index (χ2v) is 5.64. The van der Waals surface area contributed by atoms with Crippen LogP contribution in [0.25, 0.3) is 0 Å². The minimum Gasteiger partial charge on any atom is -0.394 e. The Balaban J connectivity index is 2.12. The third-order valence-corrected chi connectivity index (χ3v) is 4.02. The third-order valence-electron chi connectivity index (χ3n) is 4.02. The first kappa shape index (κ1) is 17.2. The van der Waals surface area contributed by atoms with Crippen molar-refractivity contribution in [3.05, 3.63) is 58.1 Å². The average Bonchev–Trinajstić information content (AvgIpc) is 2.89. The van der Waals surface area contributed by atoms with E-state index in [0.29, 0.717) is 5.56 Å². The highest BCUT2D eigenvalue weighted by Crippen LogP contribution is 2.29. The first-order chi connectivity index (χ1) is 11.9. The SMILES string of the molecule is Nc1cc(C(=O)c2ccccc2)n([C@@H]2O[C@H](CO)[C@@H](O)[C@H]2O)c(=O)n1. The Morgan fingerprint density at radius 1 is 1.24 bits per heavy atom. The van der Waals surface area contributed by atoms with E-state index in [1.807, 2.05) is 0 Å². The van der Waals surface area contributed by atoms with E-state index in [0.717, 1.165) is 4.57 Å². The highest BCUT2D eigenvalue weighted by Gasteiger charge is 2.45. The number of benzene rings is 1. The zero-order valence-corrected chi connectivity index (χ0v) is 13.0. The number of anilines is 1. The van der Waals surface area contributed by atoms with Gasteiger partial charge in [-0.05, 0) is 0 Å². The molecule has 1 aromatic carbocycles. The topological polar surface area (TPSA) is 148 Å². The van der Waals surface area contributed by atoms with Gasteiger partial charge < -0.3 is 25.8 Å². The Morgan fingerprint density at radius 3 is 2.52 bits per heavy atom. The summed E-state index contributed by atoms with van der Waals surface area (Å²) in [5, 5.41) is 29.3. The van der Waals surface area contributed by atoms with Gasteiger partial charge >= 0.3 is 5.69 Å². The number of nitrogen functional groups attached to an aromatic ring is 1. The van der Waals surface area contributed by atoms with Crippen LogP contribution < -0.4 is 11.4 Å². The van der Waals surface area contributed by atoms with Gasteiger partial charge in [-0.15, -0.1) is 0 Å². The molecule has 132 valence electrons. The first-order valence-corrected chi connectivity index (χ1v) is 7.55. The van der Waals surface area contributed by atoms with Crippen LogP contribution in [0.15, 0.2) is 41.2 Å². The smallest absolute Gasteiger partial charge is 0.352 e. The highest BCUT2D eigenvalue weighted by molar-refractivity contribution is 6.08. The summed E-state index contributed by atoms with van der Waals surface area (Å²) in [5.74, 6) is -0.684. The zero-order chi connectivity index (χ0) is 18.1. The van der Waals surface area contributed by atoms with Crippen LogP contribution >= 0.6 is 0 Å². The molecule has 2 aromatic rings. The molecule has 0 radical (unpaired) electrons. The van der Waals surface area contributed by atoms with Gasteiger partial charge in [0.2, 0.25) is 5.78 Å². The lowest BCUT2D eigenvalue weighted by molar-refractivity contribution is -0.0556. The number of hydrogen-bond acceptors (Lipinski definition) is 8. The van der Waals surface area contributed by atoms with Crippen LogP contribution in [-0.2, 0) is 4.74 Å². The maximum absolute atomic E-state index is 12.8. The zero-order valence-electron chi connectivity index (χ0n) is 13.0. The number of aliphatic hydroxyl groups excluding tert-OH is 3. The van der Waals surface area contributed by atoms with Crippen molar-refractivity contribution in [2.45, 2.75) is 24.5 Å². The molecule has 1 aliphatic heterocycles. The monoisotopic (exact) mass is 347 g/mol. The van der Waals surface area contributed by atoms with Crippen molar-refractivity contribution in [1.82, 2.24) is 9.55 Å². The molecule has 3 rings (SSSR count). The lowest BCUT2D eigenvalue weighted by Gasteiger charge is -2.20. The quantitative estimate of drug-likeness (QED) is 0.497. The fraction of sp³-hybridized carbons (Fsp3) is 0.312. The maximum Gasteiger partial charge on any atom is 0.352 e. The second-order valence-electron chi connectivity index (χ2n) is 5.64. The number of aliphatic hydroxyl groups is 3. The summed E-state index contributed by atoms with van der Waals surface area (Å²) < 4.78 is 6.19. The number of ketones is 1. The number of nitrogens with zero attached hydrogens (tertiary/aromatic N) is 2. The summed E-state index contributed by atoms with van der Waals surface area (Å²) in [4.78, 5) is 28.7. The van der Waals surface area contributed by atoms with E-state index in [1.54, 1.807) is 30.3 Å². The molecule has 25 heavy (non-hydrogen) atoms. The molecule has 0 bridgehead atoms. The van der Waals surface area contributed by atoms with Crippen LogP contribution in [0.1, 0.15) is 22.3 Å². The van der Waals surface area contributed by atoms with Crippen LogP contribution in [0.3, 0.4) is 0 Å². The van der Waals surface area contributed by atoms with E-state index in [-0.39, 0.29) is 11.5 Å². The Labute approximate surface area is 141 Å². The number of aromatic nitrogens is 2. The molecule has 0 saturated carbocycles. The lowest BCUT2D eigenvalue weighted by atomic mass is 10.1. The number of hydrogen-bond donors (Lipinski definition) is 4. The number of carbonyl (C=O) groups is 1. The van der Waals surface area contributed by atoms with Gasteiger partial charge in [-0.3, -0.25) is 9.36 Å². The van der Waals surface area contributed by atoms with Gasteiger partial charge in [0, 0.05) is 11.6 Å². The Morgan fingerprint density at radius 2 is 1.92 bits per heavy atom. The fourth-order valence-electron chi connectivity index (χ4n) is 2.76. The van der Waals surface area contributed by atoms with E-state index in [1.165, 1.54) is 6.07 Å². The molecule has 1 fully saturated rings. The van der Waals surface area contributed by atoms with Crippen LogP contribution in [0.4, 0.5) is 5.82 Å². The van der Waals surface area contributed by atoms with Gasteiger partial charge in [0.1, 0.15) is 24.1 Å². The summed E-state index contributed by atoms with van der Waals surface area (Å²) in [7, 11) is 0. The summed E-state index contributed by atoms with van der Waals surface area (Å²) in [6.07, 6.45) is -5.42. The molecule has 0 spiro atoms. The molecule has 5 N–H and O–H groups in total. The molecular formula is C16H17N3O6. The first-order valence-electron chi connectivity index (χ1n) is 7.55. The summed E-state index contributed by atoms with van der Waals surface area (Å²) in [6.45, 7) is -0.562. The molecule has 2 heterocycles.